The van der Waals surface area contributed by atoms with Crippen molar-refractivity contribution in [2.24, 2.45) is 0 Å². The monoisotopic (exact) mass is 242 g/mol. The van der Waals surface area contributed by atoms with E-state index in [2.05, 4.69) is 10.2 Å². The van der Waals surface area contributed by atoms with Crippen molar-refractivity contribution in [2.75, 3.05) is 26.7 Å². The molecule has 1 heterocycles. The van der Waals surface area contributed by atoms with Gasteiger partial charge in [0.15, 0.2) is 0 Å². The highest BCUT2D eigenvalue weighted by atomic mass is 16.2. The predicted molar refractivity (Wildman–Crippen MR) is 65.2 cm³/mol. The molecule has 0 aromatic rings. The number of hydrogen-bond donors (Lipinski definition) is 1. The molecule has 2 atom stereocenters. The maximum atomic E-state index is 12.2. The summed E-state index contributed by atoms with van der Waals surface area (Å²) in [5, 5.41) is 2.75. The predicted octanol–water partition coefficient (Wildman–Crippen LogP) is 0.114. The Morgan fingerprint density at radius 2 is 1.88 bits per heavy atom. The van der Waals surface area contributed by atoms with Crippen LogP contribution in [0.15, 0.2) is 0 Å². The molecule has 1 aliphatic heterocycles. The highest BCUT2D eigenvalue weighted by molar-refractivity contribution is 5.78. The fourth-order valence-electron chi connectivity index (χ4n) is 2.29. The number of urea groups is 1. The molecular weight excluding hydrogens is 220 g/mol. The lowest BCUT2D eigenvalue weighted by Crippen LogP contribution is -2.54. The van der Waals surface area contributed by atoms with E-state index in [0.717, 1.165) is 6.54 Å². The lowest BCUT2D eigenvalue weighted by Gasteiger charge is -2.33. The average molecular weight is 242 g/mol. The number of hydrogen-bond acceptors (Lipinski definition) is 3. The van der Waals surface area contributed by atoms with E-state index in [9.17, 15) is 9.59 Å². The van der Waals surface area contributed by atoms with E-state index in [4.69, 9.17) is 0 Å². The van der Waals surface area contributed by atoms with Crippen LogP contribution in [0.4, 0.5) is 4.79 Å². The lowest BCUT2D eigenvalue weighted by molar-refractivity contribution is -0.111. The van der Waals surface area contributed by atoms with E-state index < -0.39 is 0 Å². The summed E-state index contributed by atoms with van der Waals surface area (Å²) in [4.78, 5) is 28.4. The molecule has 17 heavy (non-hydrogen) atoms. The summed E-state index contributed by atoms with van der Waals surface area (Å²) in [7, 11) is 1.96. The number of rotatable bonds is 6. The van der Waals surface area contributed by atoms with Gasteiger partial charge >= 0.3 is 6.03 Å². The lowest BCUT2D eigenvalue weighted by atomic mass is 10.3. The third kappa shape index (κ3) is 2.36. The minimum absolute atomic E-state index is 0.0142. The Balaban J connectivity index is 3.01. The minimum Gasteiger partial charge on any atom is -0.335 e. The first-order valence-corrected chi connectivity index (χ1v) is 6.09. The van der Waals surface area contributed by atoms with E-state index in [1.54, 1.807) is 9.80 Å². The van der Waals surface area contributed by atoms with Gasteiger partial charge in [0.2, 0.25) is 6.41 Å². The third-order valence-corrected chi connectivity index (χ3v) is 3.30. The normalized spacial score (nSPS) is 24.6. The van der Waals surface area contributed by atoms with Gasteiger partial charge in [-0.05, 0) is 27.4 Å². The van der Waals surface area contributed by atoms with E-state index in [1.165, 1.54) is 0 Å². The molecular formula is C11H22N4O2. The molecule has 1 fully saturated rings. The van der Waals surface area contributed by atoms with Gasteiger partial charge in [-0.3, -0.25) is 9.69 Å². The molecule has 1 N–H and O–H groups in total. The van der Waals surface area contributed by atoms with Gasteiger partial charge in [0.1, 0.15) is 12.3 Å². The van der Waals surface area contributed by atoms with E-state index in [0.29, 0.717) is 19.5 Å². The molecule has 0 bridgehead atoms. The van der Waals surface area contributed by atoms with Crippen molar-refractivity contribution in [1.29, 1.82) is 0 Å². The Kier molecular flexibility index (Phi) is 4.74. The Hall–Kier alpha value is -1.30. The van der Waals surface area contributed by atoms with Crippen molar-refractivity contribution in [3.8, 4) is 0 Å². The van der Waals surface area contributed by atoms with Crippen LogP contribution in [-0.4, -0.2) is 66.2 Å². The molecule has 98 valence electrons. The summed E-state index contributed by atoms with van der Waals surface area (Å²) < 4.78 is 0. The third-order valence-electron chi connectivity index (χ3n) is 3.30. The fraction of sp³-hybridized carbons (Fsp3) is 0.818. The summed E-state index contributed by atoms with van der Waals surface area (Å²) in [6.45, 7) is 7.95. The molecule has 3 amide bonds. The van der Waals surface area contributed by atoms with Crippen molar-refractivity contribution < 1.29 is 9.59 Å². The van der Waals surface area contributed by atoms with Crippen LogP contribution in [0.2, 0.25) is 0 Å². The Morgan fingerprint density at radius 1 is 1.29 bits per heavy atom. The summed E-state index contributed by atoms with van der Waals surface area (Å²) >= 11 is 0. The smallest absolute Gasteiger partial charge is 0.323 e. The van der Waals surface area contributed by atoms with Crippen LogP contribution in [0.1, 0.15) is 20.8 Å². The summed E-state index contributed by atoms with van der Waals surface area (Å²) in [6.07, 6.45) is 0.300. The largest absolute Gasteiger partial charge is 0.335 e. The van der Waals surface area contributed by atoms with Crippen molar-refractivity contribution >= 4 is 12.4 Å². The van der Waals surface area contributed by atoms with Crippen LogP contribution in [0.5, 0.6) is 0 Å². The van der Waals surface area contributed by atoms with E-state index >= 15 is 0 Å². The Labute approximate surface area is 103 Å². The van der Waals surface area contributed by atoms with Gasteiger partial charge in [-0.25, -0.2) is 4.79 Å². The Bertz CT molecular complexity index is 285. The van der Waals surface area contributed by atoms with Gasteiger partial charge in [0.25, 0.3) is 0 Å². The fourth-order valence-corrected chi connectivity index (χ4v) is 2.29. The first-order valence-electron chi connectivity index (χ1n) is 6.09. The van der Waals surface area contributed by atoms with E-state index in [1.807, 2.05) is 27.8 Å². The molecule has 0 spiro atoms. The van der Waals surface area contributed by atoms with Crippen LogP contribution in [0, 0.1) is 0 Å². The van der Waals surface area contributed by atoms with Crippen LogP contribution < -0.4 is 5.32 Å². The number of amides is 3. The van der Waals surface area contributed by atoms with Gasteiger partial charge in [-0.1, -0.05) is 6.92 Å². The summed E-state index contributed by atoms with van der Waals surface area (Å²) in [5.41, 5.74) is 0. The maximum absolute atomic E-state index is 12.2. The second kappa shape index (κ2) is 5.86. The highest BCUT2D eigenvalue weighted by Crippen LogP contribution is 2.22. The number of nitrogens with one attached hydrogen (secondary N) is 1. The van der Waals surface area contributed by atoms with Crippen molar-refractivity contribution in [2.45, 2.75) is 33.1 Å². The summed E-state index contributed by atoms with van der Waals surface area (Å²) in [6, 6.07) is -0.0142. The average Bonchev–Trinajstić information content (AvgIpc) is 2.60. The van der Waals surface area contributed by atoms with Crippen LogP contribution in [0.3, 0.4) is 0 Å². The molecule has 0 radical (unpaired) electrons. The number of nitrogens with zero attached hydrogens (tertiary/aromatic N) is 3. The van der Waals surface area contributed by atoms with Crippen molar-refractivity contribution in [1.82, 2.24) is 20.0 Å². The van der Waals surface area contributed by atoms with Crippen LogP contribution in [0.25, 0.3) is 0 Å². The summed E-state index contributed by atoms with van der Waals surface area (Å²) in [5.74, 6) is 0. The van der Waals surface area contributed by atoms with Crippen LogP contribution in [-0.2, 0) is 4.79 Å². The SMILES string of the molecule is CCN(C)C1C(NC=O)N(CC)C(=O)N1CC. The molecule has 1 aliphatic rings. The first kappa shape index (κ1) is 13.8. The quantitative estimate of drug-likeness (QED) is 0.673. The van der Waals surface area contributed by atoms with Crippen molar-refractivity contribution in [3.63, 3.8) is 0 Å². The standard InChI is InChI=1S/C11H22N4O2/c1-5-13(4)10-9(12-8-16)14(6-2)11(17)15(10)7-3/h8-10H,5-7H2,1-4H3,(H,12,16). The molecule has 0 aliphatic carbocycles. The highest BCUT2D eigenvalue weighted by Gasteiger charge is 2.45. The van der Waals surface area contributed by atoms with E-state index in [-0.39, 0.29) is 18.4 Å². The molecule has 0 aromatic carbocycles. The van der Waals surface area contributed by atoms with Gasteiger partial charge in [-0.2, -0.15) is 0 Å². The molecule has 6 heteroatoms. The van der Waals surface area contributed by atoms with Gasteiger partial charge in [0.05, 0.1) is 0 Å². The molecule has 2 unspecified atom stereocenters. The Morgan fingerprint density at radius 3 is 2.29 bits per heavy atom. The zero-order valence-corrected chi connectivity index (χ0v) is 11.0. The topological polar surface area (TPSA) is 55.9 Å². The zero-order valence-electron chi connectivity index (χ0n) is 11.0. The maximum Gasteiger partial charge on any atom is 0.323 e. The first-order chi connectivity index (χ1) is 8.12. The van der Waals surface area contributed by atoms with Gasteiger partial charge in [0, 0.05) is 13.1 Å². The second-order valence-electron chi connectivity index (χ2n) is 4.07. The molecule has 0 saturated carbocycles. The van der Waals surface area contributed by atoms with Crippen molar-refractivity contribution in [3.05, 3.63) is 0 Å². The van der Waals surface area contributed by atoms with Gasteiger partial charge < -0.3 is 15.1 Å². The molecule has 1 saturated heterocycles. The zero-order chi connectivity index (χ0) is 13.0. The second-order valence-corrected chi connectivity index (χ2v) is 4.07. The minimum atomic E-state index is -0.269. The van der Waals surface area contributed by atoms with Crippen LogP contribution >= 0.6 is 0 Å². The molecule has 6 nitrogen and oxygen atoms in total. The molecule has 0 aromatic heterocycles. The molecule has 1 rings (SSSR count). The number of carbonyl (C=O) groups is 2. The number of carbonyl (C=O) groups excluding carboxylic acids is 2. The number of likely N-dealkylation sites (N-methyl/N-ethyl adjacent to an activating group) is 3. The van der Waals surface area contributed by atoms with Gasteiger partial charge in [-0.15, -0.1) is 0 Å².